The first kappa shape index (κ1) is 18.4. The number of ether oxygens (including phenoxy) is 1. The van der Waals surface area contributed by atoms with Crippen LogP contribution in [-0.2, 0) is 11.8 Å². The summed E-state index contributed by atoms with van der Waals surface area (Å²) >= 11 is 1.36. The number of unbranched alkanes of at least 4 members (excludes halogenated alkanes) is 1. The van der Waals surface area contributed by atoms with Crippen LogP contribution in [0.2, 0.25) is 0 Å². The van der Waals surface area contributed by atoms with Crippen molar-refractivity contribution in [3.63, 3.8) is 0 Å². The van der Waals surface area contributed by atoms with Gasteiger partial charge in [0.1, 0.15) is 9.71 Å². The number of hydrogen-bond donors (Lipinski definition) is 0. The molecule has 0 fully saturated rings. The molecule has 8 heteroatoms. The molecule has 2 aromatic heterocycles. The van der Waals surface area contributed by atoms with Crippen molar-refractivity contribution in [1.82, 2.24) is 14.7 Å². The summed E-state index contributed by atoms with van der Waals surface area (Å²) < 4.78 is 7.10. The number of carbonyl (C=O) groups is 3. The predicted molar refractivity (Wildman–Crippen MR) is 105 cm³/mol. The van der Waals surface area contributed by atoms with E-state index in [0.717, 1.165) is 15.9 Å². The Morgan fingerprint density at radius 3 is 2.46 bits per heavy atom. The van der Waals surface area contributed by atoms with E-state index in [1.165, 1.54) is 16.2 Å². The molecule has 1 aromatic carbocycles. The van der Waals surface area contributed by atoms with Gasteiger partial charge in [-0.3, -0.25) is 19.2 Å². The van der Waals surface area contributed by atoms with Gasteiger partial charge in [-0.15, -0.1) is 11.3 Å². The van der Waals surface area contributed by atoms with Crippen LogP contribution in [0.1, 0.15) is 48.9 Å². The Morgan fingerprint density at radius 2 is 1.82 bits per heavy atom. The van der Waals surface area contributed by atoms with E-state index in [9.17, 15) is 14.4 Å². The lowest BCUT2D eigenvalue weighted by Crippen LogP contribution is -2.30. The molecule has 0 spiro atoms. The van der Waals surface area contributed by atoms with Gasteiger partial charge in [-0.25, -0.2) is 4.79 Å². The van der Waals surface area contributed by atoms with Crippen LogP contribution in [0, 0.1) is 6.92 Å². The second-order valence-electron chi connectivity index (χ2n) is 6.69. The van der Waals surface area contributed by atoms with Crippen LogP contribution in [0.25, 0.3) is 10.2 Å². The molecule has 1 aliphatic rings. The summed E-state index contributed by atoms with van der Waals surface area (Å²) in [6.07, 6.45) is 1.15. The monoisotopic (exact) mass is 397 g/mol. The van der Waals surface area contributed by atoms with Gasteiger partial charge in [-0.05, 0) is 38.0 Å². The van der Waals surface area contributed by atoms with Crippen LogP contribution >= 0.6 is 11.3 Å². The first-order chi connectivity index (χ1) is 13.5. The number of fused-ring (bicyclic) bond motifs is 2. The van der Waals surface area contributed by atoms with E-state index in [1.807, 2.05) is 20.0 Å². The Kier molecular flexibility index (Phi) is 4.72. The van der Waals surface area contributed by atoms with Crippen LogP contribution in [0.3, 0.4) is 0 Å². The molecular formula is C20H19N3O4S. The average molecular weight is 397 g/mol. The van der Waals surface area contributed by atoms with Crippen molar-refractivity contribution < 1.29 is 19.1 Å². The predicted octanol–water partition coefficient (Wildman–Crippen LogP) is 3.18. The van der Waals surface area contributed by atoms with Gasteiger partial charge in [0, 0.05) is 19.0 Å². The summed E-state index contributed by atoms with van der Waals surface area (Å²) in [5.41, 5.74) is 1.79. The fourth-order valence-corrected chi connectivity index (χ4v) is 4.37. The molecule has 28 heavy (non-hydrogen) atoms. The Hall–Kier alpha value is -3.00. The summed E-state index contributed by atoms with van der Waals surface area (Å²) in [5, 5.41) is 5.28. The first-order valence-electron chi connectivity index (χ1n) is 9.03. The van der Waals surface area contributed by atoms with Crippen LogP contribution in [0.15, 0.2) is 30.3 Å². The number of aryl methyl sites for hydroxylation is 2. The number of nitrogens with zero attached hydrogens (tertiary/aromatic N) is 3. The Balaban J connectivity index is 1.27. The number of esters is 1. The quantitative estimate of drug-likeness (QED) is 0.362. The zero-order valence-electron chi connectivity index (χ0n) is 15.6. The fourth-order valence-electron chi connectivity index (χ4n) is 3.36. The van der Waals surface area contributed by atoms with Crippen molar-refractivity contribution in [3.05, 3.63) is 52.0 Å². The highest BCUT2D eigenvalue weighted by molar-refractivity contribution is 7.20. The zero-order valence-corrected chi connectivity index (χ0v) is 16.4. The number of benzene rings is 1. The number of amides is 2. The largest absolute Gasteiger partial charge is 0.462 e. The molecule has 144 valence electrons. The Bertz CT molecular complexity index is 1030. The Morgan fingerprint density at radius 1 is 1.14 bits per heavy atom. The molecule has 0 N–H and O–H groups in total. The molecule has 2 amide bonds. The van der Waals surface area contributed by atoms with Gasteiger partial charge >= 0.3 is 5.97 Å². The fraction of sp³-hybridized carbons (Fsp3) is 0.300. The lowest BCUT2D eigenvalue weighted by molar-refractivity contribution is 0.0491. The number of aromatic nitrogens is 2. The third kappa shape index (κ3) is 3.09. The van der Waals surface area contributed by atoms with E-state index in [2.05, 4.69) is 5.10 Å². The normalized spacial score (nSPS) is 13.4. The van der Waals surface area contributed by atoms with Crippen molar-refractivity contribution in [1.29, 1.82) is 0 Å². The van der Waals surface area contributed by atoms with Crippen molar-refractivity contribution >= 4 is 39.3 Å². The number of imide groups is 1. The minimum absolute atomic E-state index is 0.244. The summed E-state index contributed by atoms with van der Waals surface area (Å²) in [6, 6.07) is 8.64. The zero-order chi connectivity index (χ0) is 19.8. The maximum atomic E-state index is 12.3. The first-order valence-corrected chi connectivity index (χ1v) is 9.84. The highest BCUT2D eigenvalue weighted by atomic mass is 32.1. The smallest absolute Gasteiger partial charge is 0.348 e. The maximum Gasteiger partial charge on any atom is 0.348 e. The van der Waals surface area contributed by atoms with Gasteiger partial charge in [-0.2, -0.15) is 5.10 Å². The summed E-state index contributed by atoms with van der Waals surface area (Å²) in [4.78, 5) is 39.6. The van der Waals surface area contributed by atoms with Crippen LogP contribution in [0.4, 0.5) is 0 Å². The molecule has 0 saturated carbocycles. The topological polar surface area (TPSA) is 81.5 Å². The highest BCUT2D eigenvalue weighted by Gasteiger charge is 2.34. The molecule has 7 nitrogen and oxygen atoms in total. The van der Waals surface area contributed by atoms with Gasteiger partial charge < -0.3 is 4.74 Å². The number of rotatable bonds is 6. The van der Waals surface area contributed by atoms with E-state index in [0.29, 0.717) is 35.4 Å². The minimum atomic E-state index is -0.360. The minimum Gasteiger partial charge on any atom is -0.462 e. The lowest BCUT2D eigenvalue weighted by atomic mass is 10.1. The van der Waals surface area contributed by atoms with E-state index in [4.69, 9.17) is 4.74 Å². The van der Waals surface area contributed by atoms with E-state index in [-0.39, 0.29) is 24.4 Å². The SMILES string of the molecule is Cc1nn(C)c2sc(C(=O)OCCCCN3C(=O)c4ccccc4C3=O)cc12. The third-order valence-electron chi connectivity index (χ3n) is 4.78. The molecule has 0 bridgehead atoms. The highest BCUT2D eigenvalue weighted by Crippen LogP contribution is 2.28. The molecule has 0 atom stereocenters. The van der Waals surface area contributed by atoms with Gasteiger partial charge in [0.15, 0.2) is 0 Å². The standard InChI is InChI=1S/C20H19N3O4S/c1-12-15-11-16(28-19(15)22(2)21-12)20(26)27-10-6-5-9-23-17(24)13-7-3-4-8-14(13)18(23)25/h3-4,7-8,11H,5-6,9-10H2,1-2H3. The summed E-state index contributed by atoms with van der Waals surface area (Å²) in [7, 11) is 1.85. The van der Waals surface area contributed by atoms with Gasteiger partial charge in [0.05, 0.1) is 23.4 Å². The lowest BCUT2D eigenvalue weighted by Gasteiger charge is -2.13. The summed E-state index contributed by atoms with van der Waals surface area (Å²) in [5.74, 6) is -0.875. The van der Waals surface area contributed by atoms with Crippen molar-refractivity contribution in [2.24, 2.45) is 7.05 Å². The third-order valence-corrected chi connectivity index (χ3v) is 5.97. The molecule has 1 aliphatic heterocycles. The molecule has 0 aliphatic carbocycles. The number of hydrogen-bond acceptors (Lipinski definition) is 6. The van der Waals surface area contributed by atoms with Crippen LogP contribution in [0.5, 0.6) is 0 Å². The second-order valence-corrected chi connectivity index (χ2v) is 7.72. The Labute approximate surface area is 165 Å². The second kappa shape index (κ2) is 7.20. The van der Waals surface area contributed by atoms with E-state index < -0.39 is 0 Å². The van der Waals surface area contributed by atoms with Gasteiger partial charge in [0.2, 0.25) is 0 Å². The molecule has 3 heterocycles. The van der Waals surface area contributed by atoms with Crippen LogP contribution in [-0.4, -0.2) is 45.6 Å². The van der Waals surface area contributed by atoms with Crippen molar-refractivity contribution in [2.45, 2.75) is 19.8 Å². The number of thiophene rings is 1. The maximum absolute atomic E-state index is 12.3. The van der Waals surface area contributed by atoms with E-state index in [1.54, 1.807) is 28.9 Å². The van der Waals surface area contributed by atoms with E-state index >= 15 is 0 Å². The number of carbonyl (C=O) groups excluding carboxylic acids is 3. The molecule has 0 unspecified atom stereocenters. The molecule has 0 radical (unpaired) electrons. The van der Waals surface area contributed by atoms with Gasteiger partial charge in [0.25, 0.3) is 11.8 Å². The summed E-state index contributed by atoms with van der Waals surface area (Å²) in [6.45, 7) is 2.47. The van der Waals surface area contributed by atoms with Crippen molar-refractivity contribution in [3.8, 4) is 0 Å². The van der Waals surface area contributed by atoms with Gasteiger partial charge in [-0.1, -0.05) is 12.1 Å². The molecule has 0 saturated heterocycles. The molecular weight excluding hydrogens is 378 g/mol. The van der Waals surface area contributed by atoms with Crippen molar-refractivity contribution in [2.75, 3.05) is 13.2 Å². The average Bonchev–Trinajstić information content (AvgIpc) is 3.31. The van der Waals surface area contributed by atoms with Crippen LogP contribution < -0.4 is 0 Å². The molecule has 3 aromatic rings. The molecule has 4 rings (SSSR count).